The van der Waals surface area contributed by atoms with Crippen molar-refractivity contribution in [3.63, 3.8) is 0 Å². The molecule has 0 unspecified atom stereocenters. The van der Waals surface area contributed by atoms with Gasteiger partial charge in [0, 0.05) is 25.0 Å². The van der Waals surface area contributed by atoms with Crippen LogP contribution in [0.5, 0.6) is 0 Å². The lowest BCUT2D eigenvalue weighted by atomic mass is 9.94. The van der Waals surface area contributed by atoms with E-state index in [-0.39, 0.29) is 11.3 Å². The largest absolute Gasteiger partial charge is 0.341 e. The zero-order valence-electron chi connectivity index (χ0n) is 12.2. The van der Waals surface area contributed by atoms with E-state index in [0.717, 1.165) is 52.1 Å². The number of nitrogens with zero attached hydrogens (tertiary/aromatic N) is 2. The summed E-state index contributed by atoms with van der Waals surface area (Å²) in [6, 6.07) is 0. The first kappa shape index (κ1) is 15.4. The molecule has 0 bridgehead atoms. The Hall–Kier alpha value is -0.610. The average molecular weight is 255 g/mol. The highest BCUT2D eigenvalue weighted by molar-refractivity contribution is 5.81. The molecule has 2 N–H and O–H groups in total. The maximum Gasteiger partial charge on any atom is 0.227 e. The van der Waals surface area contributed by atoms with Crippen LogP contribution in [0.25, 0.3) is 0 Å². The number of rotatable bonds is 4. The summed E-state index contributed by atoms with van der Waals surface area (Å²) in [5, 5.41) is 0. The highest BCUT2D eigenvalue weighted by Gasteiger charge is 2.28. The molecule has 0 spiro atoms. The Labute approximate surface area is 111 Å². The van der Waals surface area contributed by atoms with Crippen LogP contribution >= 0.6 is 0 Å². The van der Waals surface area contributed by atoms with Gasteiger partial charge in [-0.05, 0) is 38.9 Å². The molecule has 0 radical (unpaired) electrons. The highest BCUT2D eigenvalue weighted by atomic mass is 16.2. The van der Waals surface area contributed by atoms with Crippen molar-refractivity contribution in [1.29, 1.82) is 0 Å². The normalized spacial score (nSPS) is 18.8. The molecule has 1 aliphatic heterocycles. The molecule has 1 rings (SSSR count). The van der Waals surface area contributed by atoms with Crippen molar-refractivity contribution in [2.24, 2.45) is 11.1 Å². The summed E-state index contributed by atoms with van der Waals surface area (Å²) in [6.45, 7) is 11.8. The monoisotopic (exact) mass is 255 g/mol. The molecule has 1 aliphatic rings. The average Bonchev–Trinajstić information content (AvgIpc) is 2.53. The summed E-state index contributed by atoms with van der Waals surface area (Å²) < 4.78 is 0. The quantitative estimate of drug-likeness (QED) is 0.771. The van der Waals surface area contributed by atoms with Gasteiger partial charge in [-0.3, -0.25) is 4.79 Å². The van der Waals surface area contributed by atoms with Crippen LogP contribution in [0.2, 0.25) is 0 Å². The van der Waals surface area contributed by atoms with Crippen LogP contribution in [0, 0.1) is 5.41 Å². The SMILES string of the molecule is CC(C)(C)C(=O)N1CCCN(CCCCN)CC1. The van der Waals surface area contributed by atoms with Gasteiger partial charge in [0.2, 0.25) is 5.91 Å². The number of nitrogens with two attached hydrogens (primary N) is 1. The van der Waals surface area contributed by atoms with Crippen molar-refractivity contribution in [3.8, 4) is 0 Å². The minimum atomic E-state index is -0.255. The van der Waals surface area contributed by atoms with Crippen LogP contribution in [-0.4, -0.2) is 55.0 Å². The standard InChI is InChI=1S/C14H29N3O/c1-14(2,3)13(18)17-10-6-9-16(11-12-17)8-5-4-7-15/h4-12,15H2,1-3H3. The van der Waals surface area contributed by atoms with Gasteiger partial charge in [-0.25, -0.2) is 0 Å². The van der Waals surface area contributed by atoms with Crippen molar-refractivity contribution in [3.05, 3.63) is 0 Å². The molecular weight excluding hydrogens is 226 g/mol. The second-order valence-electron chi connectivity index (χ2n) is 6.23. The van der Waals surface area contributed by atoms with E-state index in [0.29, 0.717) is 0 Å². The van der Waals surface area contributed by atoms with Crippen LogP contribution in [0.3, 0.4) is 0 Å². The molecule has 0 saturated carbocycles. The number of unbranched alkanes of at least 4 members (excludes halogenated alkanes) is 1. The van der Waals surface area contributed by atoms with Gasteiger partial charge in [-0.1, -0.05) is 20.8 Å². The number of carbonyl (C=O) groups excluding carboxylic acids is 1. The summed E-state index contributed by atoms with van der Waals surface area (Å²) in [5.41, 5.74) is 5.26. The van der Waals surface area contributed by atoms with E-state index in [1.54, 1.807) is 0 Å². The number of carbonyl (C=O) groups is 1. The Morgan fingerprint density at radius 3 is 2.44 bits per heavy atom. The fraction of sp³-hybridized carbons (Fsp3) is 0.929. The van der Waals surface area contributed by atoms with Crippen LogP contribution < -0.4 is 5.73 Å². The zero-order valence-corrected chi connectivity index (χ0v) is 12.2. The Bertz CT molecular complexity index is 260. The minimum Gasteiger partial charge on any atom is -0.341 e. The van der Waals surface area contributed by atoms with Gasteiger partial charge in [0.1, 0.15) is 0 Å². The van der Waals surface area contributed by atoms with Crippen LogP contribution in [0.15, 0.2) is 0 Å². The molecule has 4 heteroatoms. The molecule has 4 nitrogen and oxygen atoms in total. The van der Waals surface area contributed by atoms with Crippen molar-refractivity contribution >= 4 is 5.91 Å². The molecule has 18 heavy (non-hydrogen) atoms. The maximum absolute atomic E-state index is 12.2. The van der Waals surface area contributed by atoms with Crippen molar-refractivity contribution in [1.82, 2.24) is 9.80 Å². The lowest BCUT2D eigenvalue weighted by Crippen LogP contribution is -2.41. The Morgan fingerprint density at radius 2 is 1.83 bits per heavy atom. The summed E-state index contributed by atoms with van der Waals surface area (Å²) >= 11 is 0. The molecule has 106 valence electrons. The lowest BCUT2D eigenvalue weighted by molar-refractivity contribution is -0.139. The van der Waals surface area contributed by atoms with E-state index < -0.39 is 0 Å². The number of hydrogen-bond donors (Lipinski definition) is 1. The second kappa shape index (κ2) is 7.10. The van der Waals surface area contributed by atoms with Gasteiger partial charge in [0.05, 0.1) is 0 Å². The fourth-order valence-corrected chi connectivity index (χ4v) is 2.35. The first-order valence-electron chi connectivity index (χ1n) is 7.17. The smallest absolute Gasteiger partial charge is 0.227 e. The van der Waals surface area contributed by atoms with Gasteiger partial charge in [0.25, 0.3) is 0 Å². The van der Waals surface area contributed by atoms with E-state index in [1.807, 2.05) is 25.7 Å². The van der Waals surface area contributed by atoms with Crippen molar-refractivity contribution in [2.75, 3.05) is 39.3 Å². The molecular formula is C14H29N3O. The van der Waals surface area contributed by atoms with Crippen molar-refractivity contribution in [2.45, 2.75) is 40.0 Å². The lowest BCUT2D eigenvalue weighted by Gasteiger charge is -2.28. The first-order valence-corrected chi connectivity index (χ1v) is 7.17. The van der Waals surface area contributed by atoms with Gasteiger partial charge in [-0.2, -0.15) is 0 Å². The first-order chi connectivity index (χ1) is 8.45. The zero-order chi connectivity index (χ0) is 13.6. The molecule has 0 atom stereocenters. The topological polar surface area (TPSA) is 49.6 Å². The molecule has 0 aromatic heterocycles. The molecule has 1 heterocycles. The molecule has 1 amide bonds. The number of amides is 1. The van der Waals surface area contributed by atoms with Gasteiger partial charge in [-0.15, -0.1) is 0 Å². The third-order valence-corrected chi connectivity index (χ3v) is 3.45. The molecule has 0 aliphatic carbocycles. The Morgan fingerprint density at radius 1 is 1.11 bits per heavy atom. The maximum atomic E-state index is 12.2. The Kier molecular flexibility index (Phi) is 6.09. The second-order valence-corrected chi connectivity index (χ2v) is 6.23. The summed E-state index contributed by atoms with van der Waals surface area (Å²) in [6.07, 6.45) is 3.36. The summed E-state index contributed by atoms with van der Waals surface area (Å²) in [4.78, 5) is 16.7. The third-order valence-electron chi connectivity index (χ3n) is 3.45. The van der Waals surface area contributed by atoms with E-state index in [2.05, 4.69) is 4.90 Å². The van der Waals surface area contributed by atoms with Gasteiger partial charge in [0.15, 0.2) is 0 Å². The van der Waals surface area contributed by atoms with Crippen LogP contribution in [0.1, 0.15) is 40.0 Å². The van der Waals surface area contributed by atoms with Gasteiger partial charge >= 0.3 is 0 Å². The predicted molar refractivity (Wildman–Crippen MR) is 75.4 cm³/mol. The summed E-state index contributed by atoms with van der Waals surface area (Å²) in [7, 11) is 0. The van der Waals surface area contributed by atoms with Crippen LogP contribution in [-0.2, 0) is 4.79 Å². The fourth-order valence-electron chi connectivity index (χ4n) is 2.35. The van der Waals surface area contributed by atoms with Gasteiger partial charge < -0.3 is 15.5 Å². The predicted octanol–water partition coefficient (Wildman–Crippen LogP) is 1.31. The third kappa shape index (κ3) is 4.94. The highest BCUT2D eigenvalue weighted by Crippen LogP contribution is 2.18. The van der Waals surface area contributed by atoms with E-state index in [9.17, 15) is 4.79 Å². The van der Waals surface area contributed by atoms with E-state index >= 15 is 0 Å². The molecule has 0 aromatic rings. The molecule has 1 fully saturated rings. The summed E-state index contributed by atoms with van der Waals surface area (Å²) in [5.74, 6) is 0.284. The van der Waals surface area contributed by atoms with Crippen LogP contribution in [0.4, 0.5) is 0 Å². The van der Waals surface area contributed by atoms with E-state index in [4.69, 9.17) is 5.73 Å². The molecule has 0 aromatic carbocycles. The van der Waals surface area contributed by atoms with E-state index in [1.165, 1.54) is 6.42 Å². The Balaban J connectivity index is 2.39. The van der Waals surface area contributed by atoms with Crippen molar-refractivity contribution < 1.29 is 4.79 Å². The molecule has 1 saturated heterocycles. The minimum absolute atomic E-state index is 0.255. The number of hydrogen-bond acceptors (Lipinski definition) is 3.